The number of nitrogens with zero attached hydrogens (tertiary/aromatic N) is 1. The molecule has 2 unspecified atom stereocenters. The summed E-state index contributed by atoms with van der Waals surface area (Å²) in [7, 11) is 0. The van der Waals surface area contributed by atoms with Crippen molar-refractivity contribution >= 4 is 17.6 Å². The van der Waals surface area contributed by atoms with E-state index in [1.54, 1.807) is 24.3 Å². The van der Waals surface area contributed by atoms with E-state index in [1.807, 2.05) is 32.0 Å². The van der Waals surface area contributed by atoms with E-state index in [1.165, 1.54) is 0 Å². The van der Waals surface area contributed by atoms with Crippen LogP contribution in [-0.4, -0.2) is 5.97 Å². The first kappa shape index (κ1) is 14.6. The van der Waals surface area contributed by atoms with Crippen LogP contribution in [0.15, 0.2) is 42.5 Å². The van der Waals surface area contributed by atoms with E-state index in [0.29, 0.717) is 16.3 Å². The average Bonchev–Trinajstić information content (AvgIpc) is 2.52. The fourth-order valence-corrected chi connectivity index (χ4v) is 3.14. The summed E-state index contributed by atoms with van der Waals surface area (Å²) in [5.74, 6) is -0.404. The predicted octanol–water partition coefficient (Wildman–Crippen LogP) is 4.13. The molecule has 22 heavy (non-hydrogen) atoms. The third kappa shape index (κ3) is 1.92. The Hall–Kier alpha value is -2.31. The molecule has 0 bridgehead atoms. The molecule has 0 amide bonds. The van der Waals surface area contributed by atoms with Crippen molar-refractivity contribution in [3.05, 3.63) is 64.2 Å². The van der Waals surface area contributed by atoms with Crippen molar-refractivity contribution in [2.45, 2.75) is 25.2 Å². The number of carbonyl (C=O) groups is 1. The number of aryl methyl sites for hydroxylation is 1. The Balaban J connectivity index is 2.24. The molecule has 4 heteroatoms. The van der Waals surface area contributed by atoms with Crippen LogP contribution < -0.4 is 4.74 Å². The van der Waals surface area contributed by atoms with Crippen LogP contribution in [0.4, 0.5) is 0 Å². The molecule has 2 aromatic carbocycles. The minimum absolute atomic E-state index is 0.353. The highest BCUT2D eigenvalue weighted by Gasteiger charge is 2.52. The first-order chi connectivity index (χ1) is 10.5. The lowest BCUT2D eigenvalue weighted by atomic mass is 9.68. The third-order valence-corrected chi connectivity index (χ3v) is 4.74. The van der Waals surface area contributed by atoms with Crippen LogP contribution in [0.25, 0.3) is 0 Å². The Morgan fingerprint density at radius 2 is 1.95 bits per heavy atom. The Bertz CT molecular complexity index is 795. The van der Waals surface area contributed by atoms with Gasteiger partial charge in [0.1, 0.15) is 5.75 Å². The van der Waals surface area contributed by atoms with Crippen LogP contribution in [-0.2, 0) is 10.2 Å². The molecule has 0 aliphatic carbocycles. The van der Waals surface area contributed by atoms with Gasteiger partial charge in [0.15, 0.2) is 5.41 Å². The first-order valence-corrected chi connectivity index (χ1v) is 7.37. The molecule has 0 aromatic heterocycles. The summed E-state index contributed by atoms with van der Waals surface area (Å²) in [5.41, 5.74) is 0.898. The zero-order valence-corrected chi connectivity index (χ0v) is 13.0. The summed E-state index contributed by atoms with van der Waals surface area (Å²) in [6.07, 6.45) is 0. The van der Waals surface area contributed by atoms with Gasteiger partial charge < -0.3 is 4.74 Å². The van der Waals surface area contributed by atoms with Crippen molar-refractivity contribution in [1.82, 2.24) is 0 Å². The third-order valence-electron chi connectivity index (χ3n) is 4.34. The molecule has 2 aromatic rings. The Labute approximate surface area is 134 Å². The molecule has 3 nitrogen and oxygen atoms in total. The molecule has 0 spiro atoms. The van der Waals surface area contributed by atoms with Crippen LogP contribution in [0.5, 0.6) is 5.75 Å². The van der Waals surface area contributed by atoms with Crippen LogP contribution in [0.3, 0.4) is 0 Å². The maximum Gasteiger partial charge on any atom is 0.337 e. The number of carbonyl (C=O) groups excluding carboxylic acids is 1. The normalized spacial score (nSPS) is 23.4. The van der Waals surface area contributed by atoms with Crippen molar-refractivity contribution in [2.24, 2.45) is 0 Å². The largest absolute Gasteiger partial charge is 0.425 e. The molecule has 1 aliphatic rings. The van der Waals surface area contributed by atoms with Gasteiger partial charge in [-0.1, -0.05) is 48.9 Å². The van der Waals surface area contributed by atoms with Crippen LogP contribution in [0.2, 0.25) is 5.02 Å². The monoisotopic (exact) mass is 311 g/mol. The molecule has 2 atom stereocenters. The average molecular weight is 312 g/mol. The van der Waals surface area contributed by atoms with Crippen molar-refractivity contribution in [3.8, 4) is 11.8 Å². The molecule has 0 saturated carbocycles. The second-order valence-electron chi connectivity index (χ2n) is 5.54. The molecule has 0 fully saturated rings. The molecule has 3 rings (SSSR count). The number of ether oxygens (including phenoxy) is 1. The predicted molar refractivity (Wildman–Crippen MR) is 84.0 cm³/mol. The Kier molecular flexibility index (Phi) is 3.42. The Morgan fingerprint density at radius 3 is 2.59 bits per heavy atom. The van der Waals surface area contributed by atoms with Gasteiger partial charge >= 0.3 is 5.97 Å². The lowest BCUT2D eigenvalue weighted by molar-refractivity contribution is -0.140. The van der Waals surface area contributed by atoms with E-state index in [0.717, 1.165) is 11.1 Å². The van der Waals surface area contributed by atoms with Crippen LogP contribution in [0, 0.1) is 18.3 Å². The van der Waals surface area contributed by atoms with Crippen molar-refractivity contribution in [2.75, 3.05) is 0 Å². The highest BCUT2D eigenvalue weighted by atomic mass is 35.5. The molecule has 0 saturated heterocycles. The zero-order chi connectivity index (χ0) is 15.9. The van der Waals surface area contributed by atoms with E-state index < -0.39 is 11.4 Å². The number of esters is 1. The highest BCUT2D eigenvalue weighted by molar-refractivity contribution is 6.31. The standard InChI is InChI=1S/C18H14ClNO2/c1-11-8-16-14(9-15(11)19)12(2)18(10-20,17(21)22-16)13-6-4-3-5-7-13/h3-9,12H,1-2H3. The fourth-order valence-electron chi connectivity index (χ4n) is 2.96. The van der Waals surface area contributed by atoms with E-state index in [-0.39, 0.29) is 5.92 Å². The van der Waals surface area contributed by atoms with Gasteiger partial charge in [0, 0.05) is 16.5 Å². The SMILES string of the molecule is Cc1cc2c(cc1Cl)C(C)C(C#N)(c1ccccc1)C(=O)O2. The number of benzene rings is 2. The second-order valence-corrected chi connectivity index (χ2v) is 5.94. The van der Waals surface area contributed by atoms with Crippen molar-refractivity contribution in [3.63, 3.8) is 0 Å². The van der Waals surface area contributed by atoms with E-state index >= 15 is 0 Å². The van der Waals surface area contributed by atoms with Gasteiger partial charge in [0.2, 0.25) is 0 Å². The Morgan fingerprint density at radius 1 is 1.27 bits per heavy atom. The molecule has 0 radical (unpaired) electrons. The van der Waals surface area contributed by atoms with E-state index in [9.17, 15) is 10.1 Å². The van der Waals surface area contributed by atoms with Gasteiger partial charge in [-0.05, 0) is 30.2 Å². The summed E-state index contributed by atoms with van der Waals surface area (Å²) in [6.45, 7) is 3.71. The van der Waals surface area contributed by atoms with Crippen molar-refractivity contribution in [1.29, 1.82) is 5.26 Å². The topological polar surface area (TPSA) is 50.1 Å². The van der Waals surface area contributed by atoms with Gasteiger partial charge in [0.25, 0.3) is 0 Å². The minimum atomic E-state index is -1.35. The lowest BCUT2D eigenvalue weighted by Gasteiger charge is -2.36. The maximum absolute atomic E-state index is 12.6. The second kappa shape index (κ2) is 5.15. The van der Waals surface area contributed by atoms with Gasteiger partial charge in [-0.3, -0.25) is 0 Å². The molecule has 110 valence electrons. The number of hydrogen-bond acceptors (Lipinski definition) is 3. The summed E-state index contributed by atoms with van der Waals surface area (Å²) in [5, 5.41) is 10.4. The number of fused-ring (bicyclic) bond motifs is 1. The fraction of sp³-hybridized carbons (Fsp3) is 0.222. The van der Waals surface area contributed by atoms with Gasteiger partial charge in [-0.2, -0.15) is 5.26 Å². The summed E-state index contributed by atoms with van der Waals surface area (Å²) < 4.78 is 5.48. The zero-order valence-electron chi connectivity index (χ0n) is 12.3. The molecular formula is C18H14ClNO2. The van der Waals surface area contributed by atoms with E-state index in [4.69, 9.17) is 16.3 Å². The smallest absolute Gasteiger partial charge is 0.337 e. The number of hydrogen-bond donors (Lipinski definition) is 0. The maximum atomic E-state index is 12.6. The highest BCUT2D eigenvalue weighted by Crippen LogP contribution is 2.48. The van der Waals surface area contributed by atoms with Crippen molar-refractivity contribution < 1.29 is 9.53 Å². The molecular weight excluding hydrogens is 298 g/mol. The van der Waals surface area contributed by atoms with Gasteiger partial charge in [-0.25, -0.2) is 4.79 Å². The van der Waals surface area contributed by atoms with Gasteiger partial charge in [-0.15, -0.1) is 0 Å². The van der Waals surface area contributed by atoms with Gasteiger partial charge in [0.05, 0.1) is 6.07 Å². The number of nitriles is 1. The van der Waals surface area contributed by atoms with E-state index in [2.05, 4.69) is 6.07 Å². The summed E-state index contributed by atoms with van der Waals surface area (Å²) in [6, 6.07) is 14.8. The quantitative estimate of drug-likeness (QED) is 0.587. The van der Waals surface area contributed by atoms with Crippen LogP contribution in [0.1, 0.15) is 29.5 Å². The molecule has 0 N–H and O–H groups in total. The number of halogens is 1. The number of rotatable bonds is 1. The summed E-state index contributed by atoms with van der Waals surface area (Å²) >= 11 is 6.21. The summed E-state index contributed by atoms with van der Waals surface area (Å²) in [4.78, 5) is 12.6. The minimum Gasteiger partial charge on any atom is -0.425 e. The van der Waals surface area contributed by atoms with Crippen LogP contribution >= 0.6 is 11.6 Å². The molecule has 1 aliphatic heterocycles. The lowest BCUT2D eigenvalue weighted by Crippen LogP contribution is -2.45. The first-order valence-electron chi connectivity index (χ1n) is 7.00. The molecule has 1 heterocycles.